The fourth-order valence-electron chi connectivity index (χ4n) is 3.18. The number of ether oxygens (including phenoxy) is 1. The Kier molecular flexibility index (Phi) is 5.55. The van der Waals surface area contributed by atoms with Gasteiger partial charge in [0.25, 0.3) is 5.91 Å². The van der Waals surface area contributed by atoms with Gasteiger partial charge >= 0.3 is 11.7 Å². The number of rotatable bonds is 4. The van der Waals surface area contributed by atoms with Crippen LogP contribution in [0.25, 0.3) is 11.0 Å². The third-order valence-corrected chi connectivity index (χ3v) is 4.65. The highest BCUT2D eigenvalue weighted by Gasteiger charge is 2.23. The average molecular weight is 358 g/mol. The standard InChI is InChI=1S/C19H22N2O5/c1-12-4-2-3-5-15(12)20-19(24)21-17(22)11-25-14-8-6-13-7-9-18(23)26-16(13)10-14/h6-10,12,15H,2-5,11H2,1H3,(H2,20,21,22,24)/t12-,15-/m1/s1. The van der Waals surface area contributed by atoms with E-state index in [0.717, 1.165) is 24.6 Å². The van der Waals surface area contributed by atoms with E-state index < -0.39 is 17.6 Å². The van der Waals surface area contributed by atoms with Crippen molar-refractivity contribution in [1.82, 2.24) is 10.6 Å². The lowest BCUT2D eigenvalue weighted by atomic mass is 9.86. The van der Waals surface area contributed by atoms with Crippen molar-refractivity contribution in [3.05, 3.63) is 40.8 Å². The predicted molar refractivity (Wildman–Crippen MR) is 96.1 cm³/mol. The third-order valence-electron chi connectivity index (χ3n) is 4.65. The second kappa shape index (κ2) is 8.03. The average Bonchev–Trinajstić information content (AvgIpc) is 2.61. The second-order valence-corrected chi connectivity index (χ2v) is 6.63. The summed E-state index contributed by atoms with van der Waals surface area (Å²) in [5, 5.41) is 5.88. The summed E-state index contributed by atoms with van der Waals surface area (Å²) in [6.07, 6.45) is 4.28. The summed E-state index contributed by atoms with van der Waals surface area (Å²) in [4.78, 5) is 35.1. The molecule has 0 radical (unpaired) electrons. The molecule has 1 aromatic heterocycles. The van der Waals surface area contributed by atoms with Crippen molar-refractivity contribution in [2.45, 2.75) is 38.6 Å². The minimum absolute atomic E-state index is 0.0980. The summed E-state index contributed by atoms with van der Waals surface area (Å²) in [5.74, 6) is 0.247. The minimum Gasteiger partial charge on any atom is -0.484 e. The highest BCUT2D eigenvalue weighted by molar-refractivity contribution is 5.95. The Morgan fingerprint density at radius 2 is 1.96 bits per heavy atom. The summed E-state index contributed by atoms with van der Waals surface area (Å²) >= 11 is 0. The van der Waals surface area contributed by atoms with Gasteiger partial charge in [-0.15, -0.1) is 0 Å². The number of imide groups is 1. The molecule has 1 aliphatic rings. The largest absolute Gasteiger partial charge is 0.484 e. The molecule has 1 aliphatic carbocycles. The normalized spacial score (nSPS) is 19.7. The monoisotopic (exact) mass is 358 g/mol. The smallest absolute Gasteiger partial charge is 0.336 e. The van der Waals surface area contributed by atoms with Crippen LogP contribution in [0.1, 0.15) is 32.6 Å². The first-order chi connectivity index (χ1) is 12.5. The molecule has 1 aromatic carbocycles. The number of carbonyl (C=O) groups excluding carboxylic acids is 2. The Hall–Kier alpha value is -2.83. The van der Waals surface area contributed by atoms with Crippen LogP contribution < -0.4 is 21.0 Å². The van der Waals surface area contributed by atoms with Crippen molar-refractivity contribution in [2.24, 2.45) is 5.92 Å². The van der Waals surface area contributed by atoms with Crippen LogP contribution in [0.2, 0.25) is 0 Å². The van der Waals surface area contributed by atoms with Crippen LogP contribution in [-0.2, 0) is 4.79 Å². The molecule has 0 spiro atoms. The fraction of sp³-hybridized carbons (Fsp3) is 0.421. The van der Waals surface area contributed by atoms with Gasteiger partial charge in [0.2, 0.25) is 0 Å². The molecule has 3 amide bonds. The van der Waals surface area contributed by atoms with Crippen LogP contribution in [-0.4, -0.2) is 24.6 Å². The molecule has 2 N–H and O–H groups in total. The summed E-state index contributed by atoms with van der Waals surface area (Å²) in [7, 11) is 0. The minimum atomic E-state index is -0.541. The van der Waals surface area contributed by atoms with E-state index in [9.17, 15) is 14.4 Å². The molecular weight excluding hydrogens is 336 g/mol. The highest BCUT2D eigenvalue weighted by atomic mass is 16.5. The number of hydrogen-bond acceptors (Lipinski definition) is 5. The lowest BCUT2D eigenvalue weighted by Crippen LogP contribution is -2.48. The maximum atomic E-state index is 11.9. The summed E-state index contributed by atoms with van der Waals surface area (Å²) in [6, 6.07) is 7.51. The Balaban J connectivity index is 1.50. The third kappa shape index (κ3) is 4.62. The first-order valence-electron chi connectivity index (χ1n) is 8.78. The molecule has 0 unspecified atom stereocenters. The Labute approximate surface area is 150 Å². The van der Waals surface area contributed by atoms with Gasteiger partial charge in [0.15, 0.2) is 6.61 Å². The van der Waals surface area contributed by atoms with Crippen molar-refractivity contribution < 1.29 is 18.7 Å². The van der Waals surface area contributed by atoms with Gasteiger partial charge in [0.1, 0.15) is 11.3 Å². The summed E-state index contributed by atoms with van der Waals surface area (Å²) in [6.45, 7) is 1.79. The summed E-state index contributed by atoms with van der Waals surface area (Å²) < 4.78 is 10.4. The number of hydrogen-bond donors (Lipinski definition) is 2. The van der Waals surface area contributed by atoms with E-state index in [0.29, 0.717) is 17.3 Å². The molecule has 0 saturated heterocycles. The summed E-state index contributed by atoms with van der Waals surface area (Å²) in [5.41, 5.74) is -0.0829. The lowest BCUT2D eigenvalue weighted by Gasteiger charge is -2.29. The van der Waals surface area contributed by atoms with Crippen molar-refractivity contribution in [1.29, 1.82) is 0 Å². The number of nitrogens with one attached hydrogen (secondary N) is 2. The van der Waals surface area contributed by atoms with Crippen LogP contribution >= 0.6 is 0 Å². The topological polar surface area (TPSA) is 97.6 Å². The Morgan fingerprint density at radius 3 is 2.77 bits per heavy atom. The van der Waals surface area contributed by atoms with E-state index in [2.05, 4.69) is 17.6 Å². The van der Waals surface area contributed by atoms with Crippen LogP contribution in [0.4, 0.5) is 4.79 Å². The van der Waals surface area contributed by atoms with Crippen molar-refractivity contribution >= 4 is 22.9 Å². The molecular formula is C19H22N2O5. The van der Waals surface area contributed by atoms with Crippen molar-refractivity contribution in [2.75, 3.05) is 6.61 Å². The molecule has 26 heavy (non-hydrogen) atoms. The first kappa shape index (κ1) is 18.0. The number of fused-ring (bicyclic) bond motifs is 1. The molecule has 2 aromatic rings. The molecule has 1 heterocycles. The van der Waals surface area contributed by atoms with Gasteiger partial charge in [0.05, 0.1) is 0 Å². The Bertz CT molecular complexity index is 860. The van der Waals surface area contributed by atoms with Gasteiger partial charge < -0.3 is 14.5 Å². The van der Waals surface area contributed by atoms with Gasteiger partial charge in [-0.05, 0) is 37.0 Å². The number of benzene rings is 1. The number of urea groups is 1. The molecule has 3 rings (SSSR count). The van der Waals surface area contributed by atoms with Crippen LogP contribution in [0.3, 0.4) is 0 Å². The van der Waals surface area contributed by atoms with Gasteiger partial charge in [0, 0.05) is 23.6 Å². The molecule has 7 nitrogen and oxygen atoms in total. The van der Waals surface area contributed by atoms with E-state index in [1.165, 1.54) is 18.6 Å². The Morgan fingerprint density at radius 1 is 1.19 bits per heavy atom. The maximum absolute atomic E-state index is 11.9. The molecule has 1 fully saturated rings. The van der Waals surface area contributed by atoms with E-state index in [4.69, 9.17) is 9.15 Å². The molecule has 138 valence electrons. The zero-order valence-corrected chi connectivity index (χ0v) is 14.6. The van der Waals surface area contributed by atoms with Crippen LogP contribution in [0.15, 0.2) is 39.5 Å². The van der Waals surface area contributed by atoms with Crippen LogP contribution in [0.5, 0.6) is 5.75 Å². The zero-order chi connectivity index (χ0) is 18.5. The molecule has 1 saturated carbocycles. The number of amides is 3. The quantitative estimate of drug-likeness (QED) is 0.819. The van der Waals surface area contributed by atoms with E-state index in [-0.39, 0.29) is 12.6 Å². The first-order valence-corrected chi connectivity index (χ1v) is 8.78. The van der Waals surface area contributed by atoms with Gasteiger partial charge in [-0.25, -0.2) is 9.59 Å². The van der Waals surface area contributed by atoms with Crippen LogP contribution in [0, 0.1) is 5.92 Å². The van der Waals surface area contributed by atoms with Gasteiger partial charge in [-0.3, -0.25) is 10.1 Å². The maximum Gasteiger partial charge on any atom is 0.336 e. The van der Waals surface area contributed by atoms with E-state index >= 15 is 0 Å². The highest BCUT2D eigenvalue weighted by Crippen LogP contribution is 2.23. The van der Waals surface area contributed by atoms with Gasteiger partial charge in [-0.1, -0.05) is 19.8 Å². The predicted octanol–water partition coefficient (Wildman–Crippen LogP) is 2.58. The van der Waals surface area contributed by atoms with Crippen molar-refractivity contribution in [3.63, 3.8) is 0 Å². The van der Waals surface area contributed by atoms with E-state index in [1.807, 2.05) is 0 Å². The molecule has 0 bridgehead atoms. The number of carbonyl (C=O) groups is 2. The molecule has 2 atom stereocenters. The van der Waals surface area contributed by atoms with Gasteiger partial charge in [-0.2, -0.15) is 0 Å². The zero-order valence-electron chi connectivity index (χ0n) is 14.6. The van der Waals surface area contributed by atoms with Crippen molar-refractivity contribution in [3.8, 4) is 5.75 Å². The SMILES string of the molecule is C[C@@H]1CCCC[C@H]1NC(=O)NC(=O)COc1ccc2ccc(=O)oc2c1. The molecule has 7 heteroatoms. The fourth-order valence-corrected chi connectivity index (χ4v) is 3.18. The second-order valence-electron chi connectivity index (χ2n) is 6.63. The lowest BCUT2D eigenvalue weighted by molar-refractivity contribution is -0.122. The molecule has 0 aliphatic heterocycles. The van der Waals surface area contributed by atoms with E-state index in [1.54, 1.807) is 18.2 Å².